The van der Waals surface area contributed by atoms with Crippen molar-refractivity contribution in [1.82, 2.24) is 24.7 Å². The standard InChI is InChI=1S/C16H19N5O/c1-12-10-13(19-22-12)11-20-8-3-2-4-15(20)14-6-9-21-16(18-14)5-7-17-21/h5-7,9-10,15H,2-4,8,11H2,1H3/t15-/m0/s1. The first-order valence-corrected chi connectivity index (χ1v) is 7.76. The van der Waals surface area contributed by atoms with Gasteiger partial charge in [-0.25, -0.2) is 9.50 Å². The Hall–Kier alpha value is -2.21. The molecule has 4 rings (SSSR count). The largest absolute Gasteiger partial charge is 0.361 e. The van der Waals surface area contributed by atoms with Gasteiger partial charge in [-0.3, -0.25) is 4.90 Å². The molecule has 0 unspecified atom stereocenters. The summed E-state index contributed by atoms with van der Waals surface area (Å²) in [6.45, 7) is 3.82. The molecule has 0 amide bonds. The third kappa shape index (κ3) is 2.50. The van der Waals surface area contributed by atoms with Crippen molar-refractivity contribution in [3.63, 3.8) is 0 Å². The third-order valence-corrected chi connectivity index (χ3v) is 4.28. The minimum atomic E-state index is 0.339. The number of hydrogen-bond acceptors (Lipinski definition) is 5. The van der Waals surface area contributed by atoms with Crippen LogP contribution in [0.5, 0.6) is 0 Å². The first-order chi connectivity index (χ1) is 10.8. The quantitative estimate of drug-likeness (QED) is 0.744. The van der Waals surface area contributed by atoms with Gasteiger partial charge in [0.25, 0.3) is 0 Å². The highest BCUT2D eigenvalue weighted by atomic mass is 16.5. The summed E-state index contributed by atoms with van der Waals surface area (Å²) < 4.78 is 6.99. The summed E-state index contributed by atoms with van der Waals surface area (Å²) in [5.74, 6) is 0.863. The second kappa shape index (κ2) is 5.53. The SMILES string of the molecule is Cc1cc(CN2CCCC[C@H]2c2ccn3nccc3n2)no1. The molecule has 1 saturated heterocycles. The second-order valence-electron chi connectivity index (χ2n) is 5.90. The molecule has 1 aliphatic rings. The van der Waals surface area contributed by atoms with Crippen molar-refractivity contribution in [3.8, 4) is 0 Å². The number of hydrogen-bond donors (Lipinski definition) is 0. The Kier molecular flexibility index (Phi) is 3.38. The lowest BCUT2D eigenvalue weighted by molar-refractivity contribution is 0.134. The van der Waals surface area contributed by atoms with Crippen LogP contribution in [0.15, 0.2) is 35.1 Å². The molecule has 1 aliphatic heterocycles. The molecule has 6 nitrogen and oxygen atoms in total. The topological polar surface area (TPSA) is 59.5 Å². The van der Waals surface area contributed by atoms with Gasteiger partial charge in [-0.1, -0.05) is 11.6 Å². The Morgan fingerprint density at radius 2 is 2.27 bits per heavy atom. The summed E-state index contributed by atoms with van der Waals surface area (Å²) in [7, 11) is 0. The van der Waals surface area contributed by atoms with Crippen molar-refractivity contribution in [2.75, 3.05) is 6.54 Å². The molecule has 6 heteroatoms. The van der Waals surface area contributed by atoms with Crippen LogP contribution in [0.25, 0.3) is 5.65 Å². The van der Waals surface area contributed by atoms with E-state index in [2.05, 4.69) is 21.2 Å². The van der Waals surface area contributed by atoms with E-state index < -0.39 is 0 Å². The zero-order valence-electron chi connectivity index (χ0n) is 12.6. The summed E-state index contributed by atoms with van der Waals surface area (Å²) in [6.07, 6.45) is 7.37. The fraction of sp³-hybridized carbons (Fsp3) is 0.438. The Balaban J connectivity index is 1.61. The molecular formula is C16H19N5O. The van der Waals surface area contributed by atoms with Gasteiger partial charge in [0.05, 0.1) is 23.6 Å². The van der Waals surface area contributed by atoms with E-state index in [0.29, 0.717) is 6.04 Å². The number of fused-ring (bicyclic) bond motifs is 1. The van der Waals surface area contributed by atoms with E-state index in [-0.39, 0.29) is 0 Å². The molecule has 1 fully saturated rings. The molecule has 0 aromatic carbocycles. The molecular weight excluding hydrogens is 278 g/mol. The lowest BCUT2D eigenvalue weighted by Crippen LogP contribution is -2.33. The molecule has 4 heterocycles. The van der Waals surface area contributed by atoms with Gasteiger partial charge in [-0.05, 0) is 32.4 Å². The predicted molar refractivity (Wildman–Crippen MR) is 81.2 cm³/mol. The van der Waals surface area contributed by atoms with Gasteiger partial charge < -0.3 is 4.52 Å². The van der Waals surface area contributed by atoms with E-state index in [1.807, 2.05) is 25.3 Å². The van der Waals surface area contributed by atoms with E-state index in [9.17, 15) is 0 Å². The van der Waals surface area contributed by atoms with Crippen LogP contribution in [-0.2, 0) is 6.54 Å². The van der Waals surface area contributed by atoms with Crippen LogP contribution in [0, 0.1) is 6.92 Å². The van der Waals surface area contributed by atoms with E-state index in [4.69, 9.17) is 9.51 Å². The number of rotatable bonds is 3. The highest BCUT2D eigenvalue weighted by Crippen LogP contribution is 2.31. The van der Waals surface area contributed by atoms with Gasteiger partial charge >= 0.3 is 0 Å². The minimum Gasteiger partial charge on any atom is -0.361 e. The smallest absolute Gasteiger partial charge is 0.155 e. The van der Waals surface area contributed by atoms with E-state index in [1.165, 1.54) is 12.8 Å². The highest BCUT2D eigenvalue weighted by molar-refractivity contribution is 5.37. The van der Waals surface area contributed by atoms with Crippen molar-refractivity contribution < 1.29 is 4.52 Å². The maximum atomic E-state index is 5.19. The van der Waals surface area contributed by atoms with E-state index in [0.717, 1.165) is 42.3 Å². The molecule has 0 saturated carbocycles. The van der Waals surface area contributed by atoms with Gasteiger partial charge in [0, 0.05) is 24.9 Å². The molecule has 3 aromatic heterocycles. The zero-order valence-corrected chi connectivity index (χ0v) is 12.6. The van der Waals surface area contributed by atoms with Crippen molar-refractivity contribution in [2.45, 2.75) is 38.8 Å². The maximum Gasteiger partial charge on any atom is 0.155 e. The predicted octanol–water partition coefficient (Wildman–Crippen LogP) is 2.75. The Morgan fingerprint density at radius 1 is 1.32 bits per heavy atom. The molecule has 22 heavy (non-hydrogen) atoms. The molecule has 0 spiro atoms. The first-order valence-electron chi connectivity index (χ1n) is 7.76. The number of piperidine rings is 1. The van der Waals surface area contributed by atoms with Gasteiger partial charge in [-0.15, -0.1) is 0 Å². The van der Waals surface area contributed by atoms with Crippen LogP contribution in [-0.4, -0.2) is 31.2 Å². The number of aryl methyl sites for hydroxylation is 1. The molecule has 0 N–H and O–H groups in total. The van der Waals surface area contributed by atoms with Crippen molar-refractivity contribution in [1.29, 1.82) is 0 Å². The summed E-state index contributed by atoms with van der Waals surface area (Å²) in [5, 5.41) is 8.34. The van der Waals surface area contributed by atoms with Crippen LogP contribution in [0.2, 0.25) is 0 Å². The Bertz CT molecular complexity index is 778. The average molecular weight is 297 g/mol. The highest BCUT2D eigenvalue weighted by Gasteiger charge is 2.26. The van der Waals surface area contributed by atoms with Crippen LogP contribution >= 0.6 is 0 Å². The number of nitrogens with zero attached hydrogens (tertiary/aromatic N) is 5. The molecule has 3 aromatic rings. The normalized spacial score (nSPS) is 19.8. The average Bonchev–Trinajstić information content (AvgIpc) is 3.16. The molecule has 0 bridgehead atoms. The third-order valence-electron chi connectivity index (χ3n) is 4.28. The van der Waals surface area contributed by atoms with E-state index in [1.54, 1.807) is 10.7 Å². The molecule has 1 atom stereocenters. The number of aromatic nitrogens is 4. The van der Waals surface area contributed by atoms with Crippen molar-refractivity contribution in [3.05, 3.63) is 47.7 Å². The fourth-order valence-electron chi connectivity index (χ4n) is 3.23. The van der Waals surface area contributed by atoms with Gasteiger partial charge in [0.15, 0.2) is 5.65 Å². The second-order valence-corrected chi connectivity index (χ2v) is 5.90. The monoisotopic (exact) mass is 297 g/mol. The minimum absolute atomic E-state index is 0.339. The molecule has 0 radical (unpaired) electrons. The zero-order chi connectivity index (χ0) is 14.9. The van der Waals surface area contributed by atoms with Gasteiger partial charge in [-0.2, -0.15) is 5.10 Å². The van der Waals surface area contributed by atoms with Gasteiger partial charge in [0.1, 0.15) is 5.76 Å². The lowest BCUT2D eigenvalue weighted by atomic mass is 9.99. The molecule has 114 valence electrons. The maximum absolute atomic E-state index is 5.19. The van der Waals surface area contributed by atoms with Crippen LogP contribution in [0.1, 0.15) is 42.5 Å². The van der Waals surface area contributed by atoms with Crippen LogP contribution < -0.4 is 0 Å². The van der Waals surface area contributed by atoms with Crippen molar-refractivity contribution in [2.24, 2.45) is 0 Å². The molecule has 0 aliphatic carbocycles. The number of likely N-dealkylation sites (tertiary alicyclic amines) is 1. The fourth-order valence-corrected chi connectivity index (χ4v) is 3.23. The van der Waals surface area contributed by atoms with Crippen molar-refractivity contribution >= 4 is 5.65 Å². The van der Waals surface area contributed by atoms with Gasteiger partial charge in [0.2, 0.25) is 0 Å². The summed E-state index contributed by atoms with van der Waals surface area (Å²) in [5.41, 5.74) is 3.02. The summed E-state index contributed by atoms with van der Waals surface area (Å²) in [6, 6.07) is 6.37. The Morgan fingerprint density at radius 3 is 3.14 bits per heavy atom. The lowest BCUT2D eigenvalue weighted by Gasteiger charge is -2.34. The summed E-state index contributed by atoms with van der Waals surface area (Å²) >= 11 is 0. The van der Waals surface area contributed by atoms with Crippen LogP contribution in [0.4, 0.5) is 0 Å². The summed E-state index contributed by atoms with van der Waals surface area (Å²) in [4.78, 5) is 7.23. The van der Waals surface area contributed by atoms with E-state index >= 15 is 0 Å². The van der Waals surface area contributed by atoms with Crippen LogP contribution in [0.3, 0.4) is 0 Å². The Labute approximate surface area is 128 Å². The first kappa shape index (κ1) is 13.5.